The van der Waals surface area contributed by atoms with E-state index in [0.717, 1.165) is 38.9 Å². The molecule has 2 N–H and O–H groups in total. The summed E-state index contributed by atoms with van der Waals surface area (Å²) in [6.07, 6.45) is 7.70. The molecule has 0 bridgehead atoms. The lowest BCUT2D eigenvalue weighted by Crippen LogP contribution is -2.07. The maximum Gasteiger partial charge on any atom is 0.0924 e. The van der Waals surface area contributed by atoms with Crippen molar-refractivity contribution in [3.8, 4) is 34.1 Å². The zero-order chi connectivity index (χ0) is 21.2. The fourth-order valence-electron chi connectivity index (χ4n) is 3.67. The quantitative estimate of drug-likeness (QED) is 0.453. The molecule has 0 aliphatic carbocycles. The summed E-state index contributed by atoms with van der Waals surface area (Å²) in [5, 5.41) is 8.78. The van der Waals surface area contributed by atoms with E-state index in [-0.39, 0.29) is 6.04 Å². The summed E-state index contributed by atoms with van der Waals surface area (Å²) in [7, 11) is 1.92. The van der Waals surface area contributed by atoms with Crippen molar-refractivity contribution in [2.75, 3.05) is 0 Å². The molecule has 31 heavy (non-hydrogen) atoms. The van der Waals surface area contributed by atoms with E-state index in [4.69, 9.17) is 5.73 Å². The number of hydrogen-bond acceptors (Lipinski definition) is 3. The van der Waals surface area contributed by atoms with Crippen LogP contribution in [0.4, 0.5) is 0 Å². The molecule has 3 aromatic heterocycles. The second-order valence-corrected chi connectivity index (χ2v) is 7.41. The van der Waals surface area contributed by atoms with E-state index in [9.17, 15) is 0 Å². The molecule has 0 spiro atoms. The van der Waals surface area contributed by atoms with Gasteiger partial charge in [0.25, 0.3) is 0 Å². The van der Waals surface area contributed by atoms with Gasteiger partial charge in [0.1, 0.15) is 0 Å². The molecule has 0 fully saturated rings. The van der Waals surface area contributed by atoms with Gasteiger partial charge in [-0.3, -0.25) is 4.68 Å². The molecule has 0 amide bonds. The highest BCUT2D eigenvalue weighted by Gasteiger charge is 2.11. The maximum atomic E-state index is 6.28. The van der Waals surface area contributed by atoms with Crippen LogP contribution in [-0.2, 0) is 7.05 Å². The summed E-state index contributed by atoms with van der Waals surface area (Å²) in [6, 6.07) is 22.0. The summed E-state index contributed by atoms with van der Waals surface area (Å²) >= 11 is 0. The van der Waals surface area contributed by atoms with E-state index in [0.29, 0.717) is 0 Å². The largest absolute Gasteiger partial charge is 0.314 e. The Labute approximate surface area is 180 Å². The van der Waals surface area contributed by atoms with Crippen molar-refractivity contribution in [2.24, 2.45) is 12.8 Å². The van der Waals surface area contributed by atoms with Gasteiger partial charge in [-0.1, -0.05) is 66.4 Å². The Balaban J connectivity index is 1.52. The van der Waals surface area contributed by atoms with Crippen molar-refractivity contribution in [2.45, 2.75) is 6.04 Å². The van der Waals surface area contributed by atoms with Crippen LogP contribution >= 0.6 is 0 Å². The van der Waals surface area contributed by atoms with Gasteiger partial charge >= 0.3 is 0 Å². The van der Waals surface area contributed by atoms with Gasteiger partial charge in [-0.2, -0.15) is 10.2 Å². The van der Waals surface area contributed by atoms with Crippen molar-refractivity contribution in [3.63, 3.8) is 0 Å². The molecule has 0 radical (unpaired) electrons. The fraction of sp³-hybridized carbons (Fsp3) is 0.0769. The van der Waals surface area contributed by atoms with Gasteiger partial charge in [0.15, 0.2) is 0 Å². The van der Waals surface area contributed by atoms with Crippen LogP contribution in [0.25, 0.3) is 27.8 Å². The van der Waals surface area contributed by atoms with E-state index >= 15 is 0 Å². The smallest absolute Gasteiger partial charge is 0.0924 e. The minimum absolute atomic E-state index is 0.341. The van der Waals surface area contributed by atoms with Crippen LogP contribution in [0.15, 0.2) is 91.5 Å². The molecular weight excluding hydrogens is 382 g/mol. The van der Waals surface area contributed by atoms with Crippen LogP contribution in [0.5, 0.6) is 0 Å². The van der Waals surface area contributed by atoms with Gasteiger partial charge in [-0.25, -0.2) is 4.52 Å². The minimum atomic E-state index is -0.341. The standard InChI is InChI=1S/C26H21N5/c1-30-18-23(16-28-30)19-9-11-20(12-10-19)24-17-29-31-15-5-8-22(26(24)31)13-14-25(27)21-6-3-2-4-7-21/h2-12,15-18,25H,27H2,1H3. The molecule has 150 valence electrons. The number of rotatable bonds is 3. The summed E-state index contributed by atoms with van der Waals surface area (Å²) in [5.41, 5.74) is 13.5. The van der Waals surface area contributed by atoms with Crippen LogP contribution in [0.2, 0.25) is 0 Å². The molecule has 0 saturated carbocycles. The SMILES string of the molecule is Cn1cc(-c2ccc(-c3cnn4cccc(C#CC(N)c5ccccc5)c34)cc2)cn1. The van der Waals surface area contributed by atoms with E-state index in [1.807, 2.05) is 78.8 Å². The van der Waals surface area contributed by atoms with Crippen molar-refractivity contribution < 1.29 is 0 Å². The number of nitrogens with zero attached hydrogens (tertiary/aromatic N) is 4. The normalized spacial score (nSPS) is 11.8. The lowest BCUT2D eigenvalue weighted by molar-refractivity contribution is 0.768. The lowest BCUT2D eigenvalue weighted by Gasteiger charge is -2.05. The third-order valence-corrected chi connectivity index (χ3v) is 5.30. The molecule has 0 aliphatic heterocycles. The molecule has 0 saturated heterocycles. The first kappa shape index (κ1) is 18.9. The van der Waals surface area contributed by atoms with Crippen molar-refractivity contribution in [1.29, 1.82) is 0 Å². The second kappa shape index (κ2) is 7.94. The molecule has 5 nitrogen and oxygen atoms in total. The molecule has 0 aliphatic rings. The maximum absolute atomic E-state index is 6.28. The number of aromatic nitrogens is 4. The van der Waals surface area contributed by atoms with Gasteiger partial charge in [0.2, 0.25) is 0 Å². The average molecular weight is 403 g/mol. The van der Waals surface area contributed by atoms with Crippen molar-refractivity contribution >= 4 is 5.52 Å². The number of fused-ring (bicyclic) bond motifs is 1. The number of pyridine rings is 1. The zero-order valence-electron chi connectivity index (χ0n) is 17.1. The Kier molecular flexibility index (Phi) is 4.83. The van der Waals surface area contributed by atoms with Crippen LogP contribution < -0.4 is 5.73 Å². The van der Waals surface area contributed by atoms with E-state index in [1.54, 1.807) is 4.68 Å². The molecule has 1 unspecified atom stereocenters. The van der Waals surface area contributed by atoms with Crippen LogP contribution in [0.3, 0.4) is 0 Å². The molecule has 5 heteroatoms. The van der Waals surface area contributed by atoms with Gasteiger partial charge in [-0.15, -0.1) is 0 Å². The lowest BCUT2D eigenvalue weighted by atomic mass is 10.0. The third-order valence-electron chi connectivity index (χ3n) is 5.30. The molecule has 1 atom stereocenters. The summed E-state index contributed by atoms with van der Waals surface area (Å²) < 4.78 is 3.67. The molecule has 5 aromatic rings. The summed E-state index contributed by atoms with van der Waals surface area (Å²) in [4.78, 5) is 0. The Hall–Kier alpha value is -4.14. The van der Waals surface area contributed by atoms with Crippen LogP contribution in [-0.4, -0.2) is 19.4 Å². The molecule has 3 heterocycles. The number of nitrogens with two attached hydrogens (primary N) is 1. The summed E-state index contributed by atoms with van der Waals surface area (Å²) in [5.74, 6) is 6.46. The highest BCUT2D eigenvalue weighted by molar-refractivity contribution is 5.85. The van der Waals surface area contributed by atoms with Gasteiger partial charge < -0.3 is 5.73 Å². The van der Waals surface area contributed by atoms with E-state index in [2.05, 4.69) is 46.3 Å². The molecule has 2 aromatic carbocycles. The highest BCUT2D eigenvalue weighted by atomic mass is 15.2. The van der Waals surface area contributed by atoms with Crippen LogP contribution in [0, 0.1) is 11.8 Å². The average Bonchev–Trinajstić information content (AvgIpc) is 3.45. The number of aryl methyl sites for hydroxylation is 1. The van der Waals surface area contributed by atoms with E-state index < -0.39 is 0 Å². The van der Waals surface area contributed by atoms with Crippen molar-refractivity contribution in [1.82, 2.24) is 19.4 Å². The predicted octanol–water partition coefficient (Wildman–Crippen LogP) is 4.45. The minimum Gasteiger partial charge on any atom is -0.314 e. The number of hydrogen-bond donors (Lipinski definition) is 1. The van der Waals surface area contributed by atoms with E-state index in [1.165, 1.54) is 0 Å². The number of benzene rings is 2. The van der Waals surface area contributed by atoms with Gasteiger partial charge in [-0.05, 0) is 28.8 Å². The first-order valence-electron chi connectivity index (χ1n) is 10.1. The first-order valence-corrected chi connectivity index (χ1v) is 10.1. The highest BCUT2D eigenvalue weighted by Crippen LogP contribution is 2.29. The van der Waals surface area contributed by atoms with Gasteiger partial charge in [0, 0.05) is 30.6 Å². The Bertz CT molecular complexity index is 1400. The Morgan fingerprint density at radius 3 is 2.35 bits per heavy atom. The topological polar surface area (TPSA) is 61.1 Å². The third kappa shape index (κ3) is 3.73. The predicted molar refractivity (Wildman–Crippen MR) is 123 cm³/mol. The Morgan fingerprint density at radius 1 is 0.839 bits per heavy atom. The fourth-order valence-corrected chi connectivity index (χ4v) is 3.67. The second-order valence-electron chi connectivity index (χ2n) is 7.41. The Morgan fingerprint density at radius 2 is 1.61 bits per heavy atom. The first-order chi connectivity index (χ1) is 15.2. The molecule has 5 rings (SSSR count). The monoisotopic (exact) mass is 403 g/mol. The zero-order valence-corrected chi connectivity index (χ0v) is 17.1. The molecular formula is C26H21N5. The van der Waals surface area contributed by atoms with Gasteiger partial charge in [0.05, 0.1) is 29.5 Å². The van der Waals surface area contributed by atoms with Crippen molar-refractivity contribution in [3.05, 3.63) is 103 Å². The summed E-state index contributed by atoms with van der Waals surface area (Å²) in [6.45, 7) is 0. The van der Waals surface area contributed by atoms with Crippen LogP contribution in [0.1, 0.15) is 17.2 Å².